The lowest BCUT2D eigenvalue weighted by Crippen LogP contribution is -2.33. The van der Waals surface area contributed by atoms with Crippen LogP contribution < -0.4 is 4.74 Å². The molecule has 6 heteroatoms. The summed E-state index contributed by atoms with van der Waals surface area (Å²) in [6, 6.07) is 7.30. The number of nitrogens with zero attached hydrogens (tertiary/aromatic N) is 2. The Labute approximate surface area is 169 Å². The van der Waals surface area contributed by atoms with Gasteiger partial charge in [0, 0.05) is 13.1 Å². The maximum atomic E-state index is 12.1. The number of likely N-dealkylation sites (tertiary alicyclic amines) is 2. The van der Waals surface area contributed by atoms with Gasteiger partial charge in [-0.05, 0) is 76.1 Å². The number of esters is 1. The third kappa shape index (κ3) is 7.68. The molecular weight excluding hydrogens is 364 g/mol. The van der Waals surface area contributed by atoms with Gasteiger partial charge in [0.15, 0.2) is 0 Å². The van der Waals surface area contributed by atoms with E-state index in [2.05, 4.69) is 9.80 Å². The van der Waals surface area contributed by atoms with E-state index < -0.39 is 0 Å². The van der Waals surface area contributed by atoms with Gasteiger partial charge < -0.3 is 9.47 Å². The van der Waals surface area contributed by atoms with Crippen LogP contribution in [0.15, 0.2) is 24.3 Å². The fourth-order valence-electron chi connectivity index (χ4n) is 3.70. The number of carbonyl (C=O) groups excluding carboxylic acids is 1. The van der Waals surface area contributed by atoms with Crippen molar-refractivity contribution in [2.75, 3.05) is 52.5 Å². The lowest BCUT2D eigenvalue weighted by atomic mass is 10.1. The average molecular weight is 397 g/mol. The van der Waals surface area contributed by atoms with Gasteiger partial charge in [0.2, 0.25) is 0 Å². The average Bonchev–Trinajstić information content (AvgIpc) is 2.70. The molecule has 3 rings (SSSR count). The van der Waals surface area contributed by atoms with Crippen LogP contribution >= 0.6 is 12.4 Å². The molecular formula is C21H33ClN2O3. The lowest BCUT2D eigenvalue weighted by molar-refractivity contribution is 0.0452. The van der Waals surface area contributed by atoms with Crippen LogP contribution in [0.3, 0.4) is 0 Å². The van der Waals surface area contributed by atoms with Crippen molar-refractivity contribution in [3.05, 3.63) is 29.8 Å². The molecule has 2 aliphatic heterocycles. The molecule has 27 heavy (non-hydrogen) atoms. The van der Waals surface area contributed by atoms with Crippen LogP contribution in [0, 0.1) is 0 Å². The summed E-state index contributed by atoms with van der Waals surface area (Å²) in [5, 5.41) is 0. The molecule has 0 aliphatic carbocycles. The van der Waals surface area contributed by atoms with E-state index in [-0.39, 0.29) is 18.4 Å². The Morgan fingerprint density at radius 1 is 0.778 bits per heavy atom. The van der Waals surface area contributed by atoms with Crippen LogP contribution in [0.5, 0.6) is 5.75 Å². The van der Waals surface area contributed by atoms with Crippen LogP contribution in [-0.4, -0.2) is 68.3 Å². The second-order valence-corrected chi connectivity index (χ2v) is 7.31. The van der Waals surface area contributed by atoms with Crippen molar-refractivity contribution in [1.29, 1.82) is 0 Å². The highest BCUT2D eigenvalue weighted by atomic mass is 35.5. The fourth-order valence-corrected chi connectivity index (χ4v) is 3.70. The molecule has 2 heterocycles. The molecule has 0 bridgehead atoms. The van der Waals surface area contributed by atoms with Crippen molar-refractivity contribution in [3.8, 4) is 5.75 Å². The number of hydrogen-bond acceptors (Lipinski definition) is 5. The first-order valence-electron chi connectivity index (χ1n) is 10.2. The van der Waals surface area contributed by atoms with Crippen LogP contribution in [0.1, 0.15) is 48.9 Å². The smallest absolute Gasteiger partial charge is 0.338 e. The molecule has 0 aromatic heterocycles. The first-order chi connectivity index (χ1) is 12.8. The zero-order valence-corrected chi connectivity index (χ0v) is 17.1. The van der Waals surface area contributed by atoms with Crippen molar-refractivity contribution >= 4 is 18.4 Å². The van der Waals surface area contributed by atoms with E-state index in [1.165, 1.54) is 51.6 Å². The third-order valence-corrected chi connectivity index (χ3v) is 5.30. The van der Waals surface area contributed by atoms with E-state index in [1.807, 2.05) is 12.1 Å². The molecule has 0 N–H and O–H groups in total. The van der Waals surface area contributed by atoms with E-state index in [1.54, 1.807) is 12.1 Å². The van der Waals surface area contributed by atoms with Gasteiger partial charge in [-0.25, -0.2) is 4.79 Å². The maximum absolute atomic E-state index is 12.1. The summed E-state index contributed by atoms with van der Waals surface area (Å²) in [5.74, 6) is 0.564. The minimum atomic E-state index is -0.248. The van der Waals surface area contributed by atoms with E-state index in [0.717, 1.165) is 31.9 Å². The summed E-state index contributed by atoms with van der Waals surface area (Å²) in [6.07, 6.45) is 7.79. The molecule has 0 unspecified atom stereocenters. The monoisotopic (exact) mass is 396 g/mol. The van der Waals surface area contributed by atoms with E-state index >= 15 is 0 Å². The highest BCUT2D eigenvalue weighted by Gasteiger charge is 2.12. The predicted octanol–water partition coefficient (Wildman–Crippen LogP) is 3.62. The van der Waals surface area contributed by atoms with Crippen LogP contribution in [0.25, 0.3) is 0 Å². The van der Waals surface area contributed by atoms with Crippen molar-refractivity contribution in [2.24, 2.45) is 0 Å². The Balaban J connectivity index is 0.00000261. The first kappa shape index (κ1) is 22.0. The SMILES string of the molecule is Cl.O=C(OCCN1CCCCC1)c1ccc(OCCN2CCCCC2)cc1. The van der Waals surface area contributed by atoms with Gasteiger partial charge in [-0.15, -0.1) is 12.4 Å². The van der Waals surface area contributed by atoms with Crippen LogP contribution in [0.2, 0.25) is 0 Å². The Hall–Kier alpha value is -1.30. The Morgan fingerprint density at radius 3 is 1.85 bits per heavy atom. The second-order valence-electron chi connectivity index (χ2n) is 7.31. The van der Waals surface area contributed by atoms with Gasteiger partial charge in [0.1, 0.15) is 19.0 Å². The van der Waals surface area contributed by atoms with Crippen molar-refractivity contribution < 1.29 is 14.3 Å². The van der Waals surface area contributed by atoms with E-state index in [4.69, 9.17) is 9.47 Å². The molecule has 152 valence electrons. The number of ether oxygens (including phenoxy) is 2. The largest absolute Gasteiger partial charge is 0.492 e. The normalized spacial score (nSPS) is 18.5. The Kier molecular flexibility index (Phi) is 9.95. The van der Waals surface area contributed by atoms with Gasteiger partial charge >= 0.3 is 5.97 Å². The molecule has 1 aromatic carbocycles. The molecule has 0 spiro atoms. The Bertz CT molecular complexity index is 541. The van der Waals surface area contributed by atoms with Gasteiger partial charge in [0.25, 0.3) is 0 Å². The molecule has 2 saturated heterocycles. The third-order valence-electron chi connectivity index (χ3n) is 5.30. The minimum absolute atomic E-state index is 0. The number of rotatable bonds is 8. The van der Waals surface area contributed by atoms with Gasteiger partial charge in [0.05, 0.1) is 5.56 Å². The zero-order valence-electron chi connectivity index (χ0n) is 16.2. The molecule has 0 saturated carbocycles. The van der Waals surface area contributed by atoms with E-state index in [9.17, 15) is 4.79 Å². The van der Waals surface area contributed by atoms with Gasteiger partial charge in [-0.2, -0.15) is 0 Å². The minimum Gasteiger partial charge on any atom is -0.492 e. The van der Waals surface area contributed by atoms with Gasteiger partial charge in [-0.3, -0.25) is 9.80 Å². The van der Waals surface area contributed by atoms with Crippen LogP contribution in [0.4, 0.5) is 0 Å². The maximum Gasteiger partial charge on any atom is 0.338 e. The number of benzene rings is 1. The molecule has 0 atom stereocenters. The van der Waals surface area contributed by atoms with E-state index in [0.29, 0.717) is 18.8 Å². The van der Waals surface area contributed by atoms with Gasteiger partial charge in [-0.1, -0.05) is 12.8 Å². The molecule has 0 radical (unpaired) electrons. The highest BCUT2D eigenvalue weighted by Crippen LogP contribution is 2.14. The van der Waals surface area contributed by atoms with Crippen molar-refractivity contribution in [1.82, 2.24) is 9.80 Å². The predicted molar refractivity (Wildman–Crippen MR) is 110 cm³/mol. The summed E-state index contributed by atoms with van der Waals surface area (Å²) in [7, 11) is 0. The topological polar surface area (TPSA) is 42.0 Å². The highest BCUT2D eigenvalue weighted by molar-refractivity contribution is 5.89. The molecule has 2 fully saturated rings. The fraction of sp³-hybridized carbons (Fsp3) is 0.667. The number of hydrogen-bond donors (Lipinski definition) is 0. The summed E-state index contributed by atoms with van der Waals surface area (Å²) >= 11 is 0. The number of halogens is 1. The summed E-state index contributed by atoms with van der Waals surface area (Å²) in [4.78, 5) is 17.0. The van der Waals surface area contributed by atoms with Crippen LogP contribution in [-0.2, 0) is 4.74 Å². The number of piperidine rings is 2. The Morgan fingerprint density at radius 2 is 1.30 bits per heavy atom. The summed E-state index contributed by atoms with van der Waals surface area (Å²) in [6.45, 7) is 7.59. The standard InChI is InChI=1S/C21H32N2O3.ClH/c24-21(26-18-16-23-13-5-2-6-14-23)19-7-9-20(10-8-19)25-17-15-22-11-3-1-4-12-22;/h7-10H,1-6,11-18H2;1H. The summed E-state index contributed by atoms with van der Waals surface area (Å²) < 4.78 is 11.2. The molecule has 1 aromatic rings. The lowest BCUT2D eigenvalue weighted by Gasteiger charge is -2.26. The summed E-state index contributed by atoms with van der Waals surface area (Å²) in [5.41, 5.74) is 0.590. The zero-order chi connectivity index (χ0) is 18.0. The quantitative estimate of drug-likeness (QED) is 0.628. The van der Waals surface area contributed by atoms with Crippen molar-refractivity contribution in [3.63, 3.8) is 0 Å². The number of carbonyl (C=O) groups is 1. The first-order valence-corrected chi connectivity index (χ1v) is 10.2. The molecule has 0 amide bonds. The van der Waals surface area contributed by atoms with Crippen molar-refractivity contribution in [2.45, 2.75) is 38.5 Å². The molecule has 2 aliphatic rings. The second kappa shape index (κ2) is 12.2. The molecule has 5 nitrogen and oxygen atoms in total.